The van der Waals surface area contributed by atoms with Crippen molar-refractivity contribution in [3.8, 4) is 11.5 Å². The van der Waals surface area contributed by atoms with E-state index in [2.05, 4.69) is 4.90 Å². The number of carbonyl (C=O) groups is 2. The second kappa shape index (κ2) is 7.99. The van der Waals surface area contributed by atoms with E-state index < -0.39 is 12.1 Å². The van der Waals surface area contributed by atoms with Crippen LogP contribution in [0.25, 0.3) is 0 Å². The van der Waals surface area contributed by atoms with Crippen molar-refractivity contribution in [2.75, 3.05) is 39.3 Å². The number of anilines is 1. The molecule has 1 aliphatic heterocycles. The minimum absolute atomic E-state index is 0.300. The van der Waals surface area contributed by atoms with Crippen LogP contribution < -0.4 is 14.4 Å². The zero-order valence-corrected chi connectivity index (χ0v) is 15.6. The fourth-order valence-corrected chi connectivity index (χ4v) is 2.74. The quantitative estimate of drug-likeness (QED) is 0.609. The number of esters is 1. The van der Waals surface area contributed by atoms with Crippen LogP contribution in [0, 0.1) is 0 Å². The maximum atomic E-state index is 12.2. The highest BCUT2D eigenvalue weighted by Crippen LogP contribution is 2.34. The summed E-state index contributed by atoms with van der Waals surface area (Å²) in [7, 11) is 4.68. The molecule has 1 amide bonds. The van der Waals surface area contributed by atoms with Gasteiger partial charge >= 0.3 is 12.1 Å². The molecule has 142 valence electrons. The van der Waals surface area contributed by atoms with Crippen LogP contribution in [0.1, 0.15) is 15.9 Å². The molecule has 0 spiro atoms. The Morgan fingerprint density at radius 3 is 2.56 bits per heavy atom. The first-order valence-corrected chi connectivity index (χ1v) is 8.56. The number of fused-ring (bicyclic) bond motifs is 1. The van der Waals surface area contributed by atoms with E-state index in [0.717, 1.165) is 17.0 Å². The molecule has 27 heavy (non-hydrogen) atoms. The van der Waals surface area contributed by atoms with Gasteiger partial charge in [0.25, 0.3) is 0 Å². The molecule has 0 saturated carbocycles. The second-order valence-electron chi connectivity index (χ2n) is 6.35. The first kappa shape index (κ1) is 18.6. The van der Waals surface area contributed by atoms with Crippen LogP contribution in [0.15, 0.2) is 42.5 Å². The van der Waals surface area contributed by atoms with Crippen molar-refractivity contribution in [2.45, 2.75) is 6.54 Å². The molecule has 0 aromatic heterocycles. The summed E-state index contributed by atoms with van der Waals surface area (Å²) in [4.78, 5) is 27.2. The van der Waals surface area contributed by atoms with Crippen molar-refractivity contribution in [3.63, 3.8) is 0 Å². The molecule has 0 N–H and O–H groups in total. The first-order chi connectivity index (χ1) is 13.0. The number of hydrogen-bond acceptors (Lipinski definition) is 6. The Balaban J connectivity index is 1.80. The van der Waals surface area contributed by atoms with E-state index in [9.17, 15) is 9.59 Å². The summed E-state index contributed by atoms with van der Waals surface area (Å²) in [5.74, 6) is 0.813. The van der Waals surface area contributed by atoms with Crippen molar-refractivity contribution in [1.82, 2.24) is 4.90 Å². The third kappa shape index (κ3) is 4.31. The van der Waals surface area contributed by atoms with Gasteiger partial charge in [0.2, 0.25) is 0 Å². The molecule has 0 atom stereocenters. The summed E-state index contributed by atoms with van der Waals surface area (Å²) in [6.45, 7) is 1.91. The predicted octanol–water partition coefficient (Wildman–Crippen LogP) is 2.93. The van der Waals surface area contributed by atoms with Gasteiger partial charge in [0.05, 0.1) is 24.9 Å². The van der Waals surface area contributed by atoms with Crippen LogP contribution >= 0.6 is 0 Å². The summed E-state index contributed by atoms with van der Waals surface area (Å²) in [5.41, 5.74) is 2.21. The Labute approximate surface area is 158 Å². The number of rotatable bonds is 4. The maximum absolute atomic E-state index is 12.2. The lowest BCUT2D eigenvalue weighted by Gasteiger charge is -2.31. The van der Waals surface area contributed by atoms with E-state index in [1.807, 2.05) is 24.3 Å². The molecule has 0 bridgehead atoms. The zero-order chi connectivity index (χ0) is 19.4. The Morgan fingerprint density at radius 1 is 1.15 bits per heavy atom. The Hall–Kier alpha value is -3.22. The molecule has 7 nitrogen and oxygen atoms in total. The van der Waals surface area contributed by atoms with Crippen LogP contribution in [0.2, 0.25) is 0 Å². The highest BCUT2D eigenvalue weighted by atomic mass is 16.6. The van der Waals surface area contributed by atoms with Gasteiger partial charge in [-0.25, -0.2) is 9.59 Å². The molecule has 1 aliphatic rings. The van der Waals surface area contributed by atoms with Gasteiger partial charge < -0.3 is 24.0 Å². The minimum Gasteiger partial charge on any atom is -0.497 e. The van der Waals surface area contributed by atoms with Gasteiger partial charge in [0.1, 0.15) is 18.1 Å². The number of hydrogen-bond donors (Lipinski definition) is 0. The van der Waals surface area contributed by atoms with Crippen molar-refractivity contribution in [3.05, 3.63) is 53.6 Å². The van der Waals surface area contributed by atoms with Crippen LogP contribution in [0.4, 0.5) is 10.5 Å². The van der Waals surface area contributed by atoms with Gasteiger partial charge in [-0.2, -0.15) is 0 Å². The van der Waals surface area contributed by atoms with Crippen LogP contribution in [0.5, 0.6) is 11.5 Å². The van der Waals surface area contributed by atoms with E-state index >= 15 is 0 Å². The van der Waals surface area contributed by atoms with Gasteiger partial charge in [-0.15, -0.1) is 0 Å². The second-order valence-corrected chi connectivity index (χ2v) is 6.35. The lowest BCUT2D eigenvalue weighted by atomic mass is 10.1. The van der Waals surface area contributed by atoms with Crippen LogP contribution in [-0.4, -0.2) is 51.3 Å². The summed E-state index contributed by atoms with van der Waals surface area (Å²) in [6.07, 6.45) is -0.705. The standard InChI is InChI=1S/C20H22N2O5/c1-21(2)20(24)27-19(23)15-6-9-18-17(12-15)22(10-11-26-18)13-14-4-7-16(25-3)8-5-14/h4-9,12H,10-11,13H2,1-3H3. The topological polar surface area (TPSA) is 68.3 Å². The van der Waals surface area contributed by atoms with E-state index in [1.165, 1.54) is 19.0 Å². The van der Waals surface area contributed by atoms with E-state index in [0.29, 0.717) is 31.0 Å². The third-order valence-electron chi connectivity index (χ3n) is 4.23. The van der Waals surface area contributed by atoms with E-state index in [4.69, 9.17) is 14.2 Å². The number of benzene rings is 2. The van der Waals surface area contributed by atoms with E-state index in [-0.39, 0.29) is 0 Å². The van der Waals surface area contributed by atoms with Gasteiger partial charge in [0, 0.05) is 20.6 Å². The zero-order valence-electron chi connectivity index (χ0n) is 15.6. The molecule has 3 rings (SSSR count). The monoisotopic (exact) mass is 370 g/mol. The normalized spacial score (nSPS) is 12.6. The molecule has 0 unspecified atom stereocenters. The molecule has 1 heterocycles. The molecule has 0 fully saturated rings. The van der Waals surface area contributed by atoms with Gasteiger partial charge in [-0.1, -0.05) is 12.1 Å². The third-order valence-corrected chi connectivity index (χ3v) is 4.23. The largest absolute Gasteiger partial charge is 0.497 e. The summed E-state index contributed by atoms with van der Waals surface area (Å²) >= 11 is 0. The molecule has 0 saturated heterocycles. The average molecular weight is 370 g/mol. The van der Waals surface area contributed by atoms with Crippen molar-refractivity contribution >= 4 is 17.7 Å². The Morgan fingerprint density at radius 2 is 1.89 bits per heavy atom. The first-order valence-electron chi connectivity index (χ1n) is 8.56. The van der Waals surface area contributed by atoms with Gasteiger partial charge in [0.15, 0.2) is 0 Å². The summed E-state index contributed by atoms with van der Waals surface area (Å²) < 4.78 is 15.7. The van der Waals surface area contributed by atoms with Gasteiger partial charge in [-0.3, -0.25) is 0 Å². The summed E-state index contributed by atoms with van der Waals surface area (Å²) in [6, 6.07) is 12.9. The van der Waals surface area contributed by atoms with Crippen molar-refractivity contribution < 1.29 is 23.8 Å². The fraction of sp³-hybridized carbons (Fsp3) is 0.300. The fourth-order valence-electron chi connectivity index (χ4n) is 2.74. The molecular formula is C20H22N2O5. The molecule has 7 heteroatoms. The van der Waals surface area contributed by atoms with Crippen LogP contribution in [-0.2, 0) is 11.3 Å². The number of carbonyl (C=O) groups excluding carboxylic acids is 2. The lowest BCUT2D eigenvalue weighted by Crippen LogP contribution is -2.32. The van der Waals surface area contributed by atoms with Crippen molar-refractivity contribution in [1.29, 1.82) is 0 Å². The minimum atomic E-state index is -0.705. The Kier molecular flexibility index (Phi) is 5.49. The number of ether oxygens (including phenoxy) is 3. The maximum Gasteiger partial charge on any atom is 0.417 e. The Bertz CT molecular complexity index is 833. The smallest absolute Gasteiger partial charge is 0.417 e. The average Bonchev–Trinajstić information content (AvgIpc) is 2.68. The molecule has 2 aromatic rings. The molecule has 0 radical (unpaired) electrons. The van der Waals surface area contributed by atoms with E-state index in [1.54, 1.807) is 25.3 Å². The molecular weight excluding hydrogens is 348 g/mol. The highest BCUT2D eigenvalue weighted by molar-refractivity contribution is 5.97. The molecule has 0 aliphatic carbocycles. The predicted molar refractivity (Wildman–Crippen MR) is 100 cm³/mol. The van der Waals surface area contributed by atoms with Crippen molar-refractivity contribution in [2.24, 2.45) is 0 Å². The van der Waals surface area contributed by atoms with Crippen LogP contribution in [0.3, 0.4) is 0 Å². The summed E-state index contributed by atoms with van der Waals surface area (Å²) in [5, 5.41) is 0. The SMILES string of the molecule is COc1ccc(CN2CCOc3ccc(C(=O)OC(=O)N(C)C)cc32)cc1. The number of methoxy groups -OCH3 is 1. The highest BCUT2D eigenvalue weighted by Gasteiger charge is 2.22. The lowest BCUT2D eigenvalue weighted by molar-refractivity contribution is 0.0573. The van der Waals surface area contributed by atoms with Gasteiger partial charge in [-0.05, 0) is 35.9 Å². The molecule has 2 aromatic carbocycles. The number of nitrogens with zero attached hydrogens (tertiary/aromatic N) is 2. The number of amides is 1.